The van der Waals surface area contributed by atoms with Gasteiger partial charge in [-0.1, -0.05) is 0 Å². The summed E-state index contributed by atoms with van der Waals surface area (Å²) in [5, 5.41) is 0. The topological polar surface area (TPSA) is 34.1 Å². The fourth-order valence-corrected chi connectivity index (χ4v) is 0.0958. The number of ketones is 1. The molecular formula is C5H9KO2. The van der Waals surface area contributed by atoms with Gasteiger partial charge in [0.2, 0.25) is 0 Å². The van der Waals surface area contributed by atoms with E-state index in [1.165, 1.54) is 6.92 Å². The first-order valence-electron chi connectivity index (χ1n) is 2.14. The molecule has 0 amide bonds. The van der Waals surface area contributed by atoms with Gasteiger partial charge in [0.25, 0.3) is 0 Å². The van der Waals surface area contributed by atoms with Crippen LogP contribution in [0.3, 0.4) is 0 Å². The van der Waals surface area contributed by atoms with Crippen LogP contribution in [0.4, 0.5) is 0 Å². The number of hydrogen-bond acceptors (Lipinski definition) is 2. The van der Waals surface area contributed by atoms with Crippen LogP contribution in [0.1, 0.15) is 15.3 Å². The van der Waals surface area contributed by atoms with Crippen LogP contribution in [-0.4, -0.2) is 12.1 Å². The van der Waals surface area contributed by atoms with E-state index in [0.717, 1.165) is 0 Å². The molecule has 1 atom stereocenters. The number of carbonyl (C=O) groups is 2. The van der Waals surface area contributed by atoms with Gasteiger partial charge in [0.05, 0.1) is 5.92 Å². The van der Waals surface area contributed by atoms with E-state index < -0.39 is 5.92 Å². The summed E-state index contributed by atoms with van der Waals surface area (Å²) in [6.07, 6.45) is 0.641. The van der Waals surface area contributed by atoms with Gasteiger partial charge >= 0.3 is 51.4 Å². The van der Waals surface area contributed by atoms with Crippen molar-refractivity contribution < 1.29 is 62.4 Å². The van der Waals surface area contributed by atoms with E-state index in [1.807, 2.05) is 0 Å². The third-order valence-electron chi connectivity index (χ3n) is 0.845. The first-order chi connectivity index (χ1) is 3.18. The second-order valence-electron chi connectivity index (χ2n) is 1.54. The maximum Gasteiger partial charge on any atom is 1.00 e. The van der Waals surface area contributed by atoms with Gasteiger partial charge in [0.15, 0.2) is 0 Å². The Morgan fingerprint density at radius 3 is 2.12 bits per heavy atom. The minimum atomic E-state index is -0.417. The normalized spacial score (nSPS) is 11.2. The van der Waals surface area contributed by atoms with Crippen LogP contribution >= 0.6 is 0 Å². The van der Waals surface area contributed by atoms with Gasteiger partial charge in [-0.05, 0) is 13.8 Å². The molecule has 0 aliphatic carbocycles. The van der Waals surface area contributed by atoms with Crippen molar-refractivity contribution in [3.8, 4) is 0 Å². The first kappa shape index (κ1) is 11.7. The second kappa shape index (κ2) is 6.10. The van der Waals surface area contributed by atoms with Crippen LogP contribution in [-0.2, 0) is 9.59 Å². The molecule has 42 valence electrons. The Morgan fingerprint density at radius 1 is 1.75 bits per heavy atom. The largest absolute Gasteiger partial charge is 1.00 e. The van der Waals surface area contributed by atoms with Crippen molar-refractivity contribution in [3.05, 3.63) is 0 Å². The van der Waals surface area contributed by atoms with Gasteiger partial charge in [-0.25, -0.2) is 0 Å². The number of Topliss-reactive ketones (excluding diaryl/α,β-unsaturated/α-hetero) is 1. The molecule has 0 rings (SSSR count). The predicted octanol–water partition coefficient (Wildman–Crippen LogP) is -2.47. The maximum atomic E-state index is 10.1. The van der Waals surface area contributed by atoms with Crippen LogP contribution in [0, 0.1) is 5.92 Å². The number of hydrogen-bond donors (Lipinski definition) is 0. The van der Waals surface area contributed by atoms with Crippen molar-refractivity contribution in [2.24, 2.45) is 5.92 Å². The van der Waals surface area contributed by atoms with Crippen LogP contribution in [0.15, 0.2) is 0 Å². The summed E-state index contributed by atoms with van der Waals surface area (Å²) >= 11 is 0. The molecule has 0 aromatic heterocycles. The van der Waals surface area contributed by atoms with Crippen molar-refractivity contribution in [2.75, 3.05) is 0 Å². The zero-order valence-electron chi connectivity index (χ0n) is 6.47. The Kier molecular flexibility index (Phi) is 8.95. The molecule has 0 aromatic carbocycles. The average molecular weight is 140 g/mol. The van der Waals surface area contributed by atoms with E-state index in [0.29, 0.717) is 6.29 Å². The van der Waals surface area contributed by atoms with Crippen LogP contribution in [0.5, 0.6) is 0 Å². The minimum absolute atomic E-state index is 0. The second-order valence-corrected chi connectivity index (χ2v) is 1.54. The van der Waals surface area contributed by atoms with Crippen LogP contribution in [0.2, 0.25) is 0 Å². The van der Waals surface area contributed by atoms with Crippen molar-refractivity contribution in [2.45, 2.75) is 13.8 Å². The molecule has 0 spiro atoms. The molecule has 0 aliphatic heterocycles. The van der Waals surface area contributed by atoms with Crippen LogP contribution < -0.4 is 51.4 Å². The molecule has 1 unspecified atom stereocenters. The fourth-order valence-electron chi connectivity index (χ4n) is 0.0958. The van der Waals surface area contributed by atoms with E-state index in [2.05, 4.69) is 0 Å². The van der Waals surface area contributed by atoms with E-state index in [4.69, 9.17) is 0 Å². The number of carbonyl (C=O) groups excluding carboxylic acids is 2. The Balaban J connectivity index is -0.000000180. The monoisotopic (exact) mass is 140 g/mol. The Labute approximate surface area is 92.9 Å². The fraction of sp³-hybridized carbons (Fsp3) is 0.600. The van der Waals surface area contributed by atoms with Gasteiger partial charge in [-0.2, -0.15) is 0 Å². The minimum Gasteiger partial charge on any atom is -1.00 e. The van der Waals surface area contributed by atoms with E-state index in [9.17, 15) is 9.59 Å². The molecular weight excluding hydrogens is 131 g/mol. The van der Waals surface area contributed by atoms with E-state index in [-0.39, 0.29) is 58.6 Å². The molecule has 0 aromatic rings. The van der Waals surface area contributed by atoms with Gasteiger partial charge in [-0.15, -0.1) is 0 Å². The number of aldehydes is 1. The van der Waals surface area contributed by atoms with Gasteiger partial charge < -0.3 is 6.22 Å². The van der Waals surface area contributed by atoms with Crippen molar-refractivity contribution in [3.63, 3.8) is 0 Å². The number of rotatable bonds is 2. The molecule has 0 saturated heterocycles. The summed E-state index contributed by atoms with van der Waals surface area (Å²) in [6.45, 7) is 2.98. The molecule has 3 heteroatoms. The Bertz CT molecular complexity index is 95.0. The summed E-state index contributed by atoms with van der Waals surface area (Å²) in [7, 11) is 0. The van der Waals surface area contributed by atoms with Crippen molar-refractivity contribution in [1.82, 2.24) is 0 Å². The molecule has 0 heterocycles. The van der Waals surface area contributed by atoms with Crippen LogP contribution in [0.25, 0.3) is 0 Å². The predicted molar refractivity (Wildman–Crippen MR) is 27.0 cm³/mol. The molecule has 2 nitrogen and oxygen atoms in total. The van der Waals surface area contributed by atoms with Gasteiger partial charge in [0.1, 0.15) is 12.1 Å². The molecule has 8 heavy (non-hydrogen) atoms. The van der Waals surface area contributed by atoms with Crippen molar-refractivity contribution in [1.29, 1.82) is 0 Å². The first-order valence-corrected chi connectivity index (χ1v) is 2.14. The standard InChI is InChI=1S/C5H8O2.K.H/c1-4(3-6)5(2)7;;/h3-4H,1-2H3;;/q;+1;-1. The van der Waals surface area contributed by atoms with Gasteiger partial charge in [-0.3, -0.25) is 4.79 Å². The summed E-state index contributed by atoms with van der Waals surface area (Å²) in [5.41, 5.74) is 0. The third-order valence-corrected chi connectivity index (χ3v) is 0.845. The van der Waals surface area contributed by atoms with Gasteiger partial charge in [0, 0.05) is 0 Å². The zero-order chi connectivity index (χ0) is 5.86. The molecule has 0 saturated carbocycles. The molecule has 0 fully saturated rings. The zero-order valence-corrected chi connectivity index (χ0v) is 8.59. The maximum absolute atomic E-state index is 10.1. The summed E-state index contributed by atoms with van der Waals surface area (Å²) in [5.74, 6) is -0.491. The van der Waals surface area contributed by atoms with E-state index >= 15 is 0 Å². The molecule has 0 bridgehead atoms. The quantitative estimate of drug-likeness (QED) is 0.242. The Morgan fingerprint density at radius 2 is 2.12 bits per heavy atom. The molecule has 0 aliphatic rings. The SMILES string of the molecule is CC(=O)C(C)C=O.[H-].[K+]. The molecule has 0 N–H and O–H groups in total. The smallest absolute Gasteiger partial charge is 1.00 e. The third kappa shape index (κ3) is 5.12. The average Bonchev–Trinajstić information content (AvgIpc) is 1.65. The molecule has 0 radical (unpaired) electrons. The van der Waals surface area contributed by atoms with E-state index in [1.54, 1.807) is 6.92 Å². The van der Waals surface area contributed by atoms with Crippen molar-refractivity contribution >= 4 is 12.1 Å². The summed E-state index contributed by atoms with van der Waals surface area (Å²) in [6, 6.07) is 0. The summed E-state index contributed by atoms with van der Waals surface area (Å²) < 4.78 is 0. The summed E-state index contributed by atoms with van der Waals surface area (Å²) in [4.78, 5) is 19.9. The Hall–Kier alpha value is 0.976.